The zero-order valence-electron chi connectivity index (χ0n) is 14.0. The number of nitrogens with one attached hydrogen (secondary N) is 1. The highest BCUT2D eigenvalue weighted by Gasteiger charge is 2.78. The van der Waals surface area contributed by atoms with E-state index < -0.39 is 34.5 Å². The molecule has 0 aliphatic carbocycles. The number of benzene rings is 1. The van der Waals surface area contributed by atoms with Crippen LogP contribution in [0.5, 0.6) is 5.75 Å². The molecule has 1 aromatic rings. The van der Waals surface area contributed by atoms with E-state index in [-0.39, 0.29) is 0 Å². The molecule has 25 heavy (non-hydrogen) atoms. The van der Waals surface area contributed by atoms with E-state index in [2.05, 4.69) is 0 Å². The van der Waals surface area contributed by atoms with E-state index in [1.807, 2.05) is 18.2 Å². The van der Waals surface area contributed by atoms with Crippen molar-refractivity contribution in [2.75, 3.05) is 7.11 Å². The van der Waals surface area contributed by atoms with Gasteiger partial charge in [0, 0.05) is 12.5 Å². The Kier molecular flexibility index (Phi) is 3.49. The molecule has 3 heterocycles. The van der Waals surface area contributed by atoms with Gasteiger partial charge in [0.15, 0.2) is 10.8 Å². The third kappa shape index (κ3) is 1.72. The van der Waals surface area contributed by atoms with Crippen LogP contribution in [0.2, 0.25) is 0 Å². The molecular formula is C18H16N4O3. The van der Waals surface area contributed by atoms with Gasteiger partial charge in [0.1, 0.15) is 11.9 Å². The van der Waals surface area contributed by atoms with Crippen LogP contribution in [0.25, 0.3) is 0 Å². The predicted octanol–water partition coefficient (Wildman–Crippen LogP) is 2.67. The fourth-order valence-corrected chi connectivity index (χ4v) is 3.83. The van der Waals surface area contributed by atoms with Gasteiger partial charge in [0.25, 0.3) is 0 Å². The van der Waals surface area contributed by atoms with Gasteiger partial charge >= 0.3 is 0 Å². The molecule has 0 spiro atoms. The number of fused-ring (bicyclic) bond motifs is 3. The van der Waals surface area contributed by atoms with E-state index in [0.717, 1.165) is 0 Å². The van der Waals surface area contributed by atoms with Crippen LogP contribution < -0.4 is 4.74 Å². The lowest BCUT2D eigenvalue weighted by atomic mass is 9.51. The first-order valence-electron chi connectivity index (χ1n) is 7.69. The van der Waals surface area contributed by atoms with Crippen molar-refractivity contribution in [1.82, 2.24) is 0 Å². The predicted molar refractivity (Wildman–Crippen MR) is 84.9 cm³/mol. The van der Waals surface area contributed by atoms with Crippen LogP contribution in [0.4, 0.5) is 0 Å². The Bertz CT molecular complexity index is 864. The summed E-state index contributed by atoms with van der Waals surface area (Å²) in [5.41, 5.74) is -3.20. The third-order valence-electron chi connectivity index (χ3n) is 5.42. The molecule has 0 unspecified atom stereocenters. The fourth-order valence-electron chi connectivity index (χ4n) is 3.83. The number of nitriles is 3. The fraction of sp³-hybridized carbons (Fsp3) is 0.444. The van der Waals surface area contributed by atoms with Gasteiger partial charge < -0.3 is 14.2 Å². The van der Waals surface area contributed by atoms with Crippen LogP contribution >= 0.6 is 0 Å². The van der Waals surface area contributed by atoms with Gasteiger partial charge in [-0.05, 0) is 6.07 Å². The number of hydrogen-bond donors (Lipinski definition) is 1. The molecule has 3 saturated heterocycles. The highest BCUT2D eigenvalue weighted by Crippen LogP contribution is 2.66. The summed E-state index contributed by atoms with van der Waals surface area (Å²) in [7, 11) is 1.48. The molecule has 0 amide bonds. The zero-order chi connectivity index (χ0) is 18.5. The van der Waals surface area contributed by atoms with E-state index in [4.69, 9.17) is 19.6 Å². The summed E-state index contributed by atoms with van der Waals surface area (Å²) < 4.78 is 17.0. The van der Waals surface area contributed by atoms with Gasteiger partial charge in [-0.25, -0.2) is 0 Å². The van der Waals surface area contributed by atoms with Crippen molar-refractivity contribution >= 4 is 5.90 Å². The SMILES string of the molecule is COc1ccccc1[C@H]1O[C@@]2(C)OC(=N)[C@@]1(C#N)C(C#N)(C#N)[C@H]2C. The largest absolute Gasteiger partial charge is 0.496 e. The van der Waals surface area contributed by atoms with Gasteiger partial charge in [0.2, 0.25) is 11.7 Å². The molecule has 4 atom stereocenters. The van der Waals surface area contributed by atoms with E-state index in [9.17, 15) is 15.8 Å². The second-order valence-electron chi connectivity index (χ2n) is 6.36. The summed E-state index contributed by atoms with van der Waals surface area (Å²) >= 11 is 0. The van der Waals surface area contributed by atoms with Gasteiger partial charge in [-0.2, -0.15) is 15.8 Å². The normalized spacial score (nSPS) is 35.0. The van der Waals surface area contributed by atoms with Crippen molar-refractivity contribution in [2.24, 2.45) is 16.7 Å². The molecule has 7 heteroatoms. The Morgan fingerprint density at radius 2 is 1.80 bits per heavy atom. The van der Waals surface area contributed by atoms with Crippen molar-refractivity contribution in [3.63, 3.8) is 0 Å². The van der Waals surface area contributed by atoms with E-state index in [0.29, 0.717) is 11.3 Å². The van der Waals surface area contributed by atoms with Crippen LogP contribution in [-0.4, -0.2) is 18.8 Å². The highest BCUT2D eigenvalue weighted by molar-refractivity contribution is 5.89. The maximum atomic E-state index is 10.0. The molecule has 1 aromatic carbocycles. The molecular weight excluding hydrogens is 320 g/mol. The van der Waals surface area contributed by atoms with Crippen molar-refractivity contribution in [3.05, 3.63) is 29.8 Å². The maximum Gasteiger partial charge on any atom is 0.215 e. The quantitative estimate of drug-likeness (QED) is 0.885. The second-order valence-corrected chi connectivity index (χ2v) is 6.36. The number of rotatable bonds is 2. The highest BCUT2D eigenvalue weighted by atomic mass is 16.7. The summed E-state index contributed by atoms with van der Waals surface area (Å²) in [5, 5.41) is 38.2. The Morgan fingerprint density at radius 1 is 1.16 bits per heavy atom. The molecule has 0 saturated carbocycles. The summed E-state index contributed by atoms with van der Waals surface area (Å²) in [5.74, 6) is -2.11. The van der Waals surface area contributed by atoms with Crippen LogP contribution in [0.3, 0.4) is 0 Å². The number of hydrogen-bond acceptors (Lipinski definition) is 7. The molecule has 1 N–H and O–H groups in total. The molecule has 2 bridgehead atoms. The molecule has 3 aliphatic rings. The lowest BCUT2D eigenvalue weighted by molar-refractivity contribution is -0.338. The number of para-hydroxylation sites is 1. The summed E-state index contributed by atoms with van der Waals surface area (Å²) in [6.45, 7) is 3.21. The Morgan fingerprint density at radius 3 is 2.36 bits per heavy atom. The monoisotopic (exact) mass is 336 g/mol. The van der Waals surface area contributed by atoms with E-state index in [1.165, 1.54) is 7.11 Å². The summed E-state index contributed by atoms with van der Waals surface area (Å²) in [6.07, 6.45) is -1.05. The molecule has 0 aromatic heterocycles. The minimum atomic E-state index is -1.90. The third-order valence-corrected chi connectivity index (χ3v) is 5.42. The number of methoxy groups -OCH3 is 1. The average Bonchev–Trinajstić information content (AvgIpc) is 2.63. The minimum Gasteiger partial charge on any atom is -0.496 e. The molecule has 3 aliphatic heterocycles. The first-order valence-corrected chi connectivity index (χ1v) is 7.69. The lowest BCUT2D eigenvalue weighted by Gasteiger charge is -2.60. The van der Waals surface area contributed by atoms with Gasteiger partial charge in [-0.15, -0.1) is 0 Å². The van der Waals surface area contributed by atoms with Crippen molar-refractivity contribution in [1.29, 1.82) is 21.2 Å². The first-order chi connectivity index (χ1) is 11.9. The Balaban J connectivity index is 2.37. The van der Waals surface area contributed by atoms with Crippen molar-refractivity contribution in [3.8, 4) is 24.0 Å². The summed E-state index contributed by atoms with van der Waals surface area (Å²) in [6, 6.07) is 12.9. The Labute approximate surface area is 145 Å². The first kappa shape index (κ1) is 16.8. The van der Waals surface area contributed by atoms with Gasteiger partial charge in [0.05, 0.1) is 31.2 Å². The van der Waals surface area contributed by atoms with Gasteiger partial charge in [-0.3, -0.25) is 5.41 Å². The smallest absolute Gasteiger partial charge is 0.215 e. The topological polar surface area (TPSA) is 123 Å². The van der Waals surface area contributed by atoms with E-state index >= 15 is 0 Å². The van der Waals surface area contributed by atoms with Gasteiger partial charge in [-0.1, -0.05) is 25.1 Å². The van der Waals surface area contributed by atoms with Crippen LogP contribution in [0, 0.1) is 56.2 Å². The molecule has 3 fully saturated rings. The Hall–Kier alpha value is -3.08. The van der Waals surface area contributed by atoms with Crippen LogP contribution in [-0.2, 0) is 9.47 Å². The molecule has 4 rings (SSSR count). The van der Waals surface area contributed by atoms with E-state index in [1.54, 1.807) is 38.1 Å². The average molecular weight is 336 g/mol. The lowest BCUT2D eigenvalue weighted by Crippen LogP contribution is -2.71. The molecule has 7 nitrogen and oxygen atoms in total. The zero-order valence-corrected chi connectivity index (χ0v) is 14.0. The summed E-state index contributed by atoms with van der Waals surface area (Å²) in [4.78, 5) is 0. The molecule has 126 valence electrons. The minimum absolute atomic E-state index is 0.430. The number of ether oxygens (including phenoxy) is 3. The molecule has 0 radical (unpaired) electrons. The van der Waals surface area contributed by atoms with Crippen LogP contribution in [0.15, 0.2) is 24.3 Å². The standard InChI is InChI=1S/C18H16N4O3/c1-11-16(2)24-14(12-6-4-5-7-13(12)23-3)18(10-21,15(22)25-16)17(11,8-19)9-20/h4-7,11,14,22H,1-3H3/t11-,14+,16-,18-/m0/s1. The van der Waals surface area contributed by atoms with Crippen LogP contribution in [0.1, 0.15) is 25.5 Å². The second kappa shape index (κ2) is 5.21. The number of nitrogens with zero attached hydrogens (tertiary/aromatic N) is 3. The van der Waals surface area contributed by atoms with Crippen molar-refractivity contribution in [2.45, 2.75) is 25.7 Å². The van der Waals surface area contributed by atoms with Crippen molar-refractivity contribution < 1.29 is 14.2 Å². The maximum absolute atomic E-state index is 10.0.